The maximum atomic E-state index is 12.6. The molecule has 3 N–H and O–H groups in total. The lowest BCUT2D eigenvalue weighted by atomic mass is 10.2. The minimum Gasteiger partial charge on any atom is -0.324 e. The van der Waals surface area contributed by atoms with Crippen LogP contribution >= 0.6 is 0 Å². The van der Waals surface area contributed by atoms with Crippen LogP contribution in [0.1, 0.15) is 5.56 Å². The average Bonchev–Trinajstić information content (AvgIpc) is 1.88. The molecule has 3 heteroatoms. The van der Waals surface area contributed by atoms with E-state index in [-0.39, 0.29) is 5.56 Å². The molecule has 0 fully saturated rings. The fraction of sp³-hybridized carbons (Fsp3) is 0. The van der Waals surface area contributed by atoms with E-state index in [1.807, 2.05) is 0 Å². The van der Waals surface area contributed by atoms with Crippen molar-refractivity contribution in [3.63, 3.8) is 0 Å². The van der Waals surface area contributed by atoms with Gasteiger partial charge >= 0.3 is 0 Å². The Morgan fingerprint density at radius 1 is 1.50 bits per heavy atom. The smallest absolute Gasteiger partial charge is 0.148 e. The first-order valence-electron chi connectivity index (χ1n) is 2.76. The third kappa shape index (κ3) is 0.971. The summed E-state index contributed by atoms with van der Waals surface area (Å²) < 4.78 is 12.6. The quantitative estimate of drug-likeness (QED) is 0.558. The molecule has 0 unspecified atom stereocenters. The van der Waals surface area contributed by atoms with Crippen molar-refractivity contribution in [1.82, 2.24) is 0 Å². The number of nitriles is 1. The molecule has 1 aromatic carbocycles. The molecule has 1 aromatic rings. The van der Waals surface area contributed by atoms with Crippen molar-refractivity contribution in [2.24, 2.45) is 0 Å². The van der Waals surface area contributed by atoms with E-state index in [1.54, 1.807) is 12.1 Å². The van der Waals surface area contributed by atoms with E-state index in [2.05, 4.69) is 5.73 Å². The van der Waals surface area contributed by atoms with Gasteiger partial charge in [0.05, 0.1) is 0 Å². The van der Waals surface area contributed by atoms with E-state index in [0.717, 1.165) is 0 Å². The number of rotatable bonds is 0. The highest BCUT2D eigenvalue weighted by molar-refractivity contribution is 5.47. The lowest BCUT2D eigenvalue weighted by molar-refractivity contribution is -0.255. The molecule has 0 saturated heterocycles. The van der Waals surface area contributed by atoms with Crippen molar-refractivity contribution in [3.05, 3.63) is 29.6 Å². The highest BCUT2D eigenvalue weighted by Crippen LogP contribution is 2.11. The van der Waals surface area contributed by atoms with Crippen LogP contribution in [-0.4, -0.2) is 0 Å². The summed E-state index contributed by atoms with van der Waals surface area (Å²) >= 11 is 0. The number of hydrogen-bond donors (Lipinski definition) is 1. The van der Waals surface area contributed by atoms with Gasteiger partial charge in [-0.1, -0.05) is 6.07 Å². The summed E-state index contributed by atoms with van der Waals surface area (Å²) in [4.78, 5) is 0. The summed E-state index contributed by atoms with van der Waals surface area (Å²) in [6, 6.07) is 6.09. The number of benzene rings is 1. The van der Waals surface area contributed by atoms with E-state index >= 15 is 0 Å². The van der Waals surface area contributed by atoms with E-state index in [1.165, 1.54) is 12.1 Å². The van der Waals surface area contributed by atoms with Crippen LogP contribution in [0.3, 0.4) is 0 Å². The monoisotopic (exact) mass is 137 g/mol. The molecular weight excluding hydrogens is 131 g/mol. The van der Waals surface area contributed by atoms with Gasteiger partial charge in [-0.2, -0.15) is 5.26 Å². The molecule has 0 amide bonds. The van der Waals surface area contributed by atoms with Crippen molar-refractivity contribution >= 4 is 5.69 Å². The highest BCUT2D eigenvalue weighted by atomic mass is 19.1. The standard InChI is InChI=1S/C7H5FN2/c8-6-2-1-3-7(10)5(6)4-9/h1-3H,10H2/p+1. The van der Waals surface area contributed by atoms with Gasteiger partial charge < -0.3 is 5.73 Å². The maximum Gasteiger partial charge on any atom is 0.148 e. The predicted octanol–water partition coefficient (Wildman–Crippen LogP) is 0.571. The average molecular weight is 137 g/mol. The highest BCUT2D eigenvalue weighted by Gasteiger charge is 2.05. The van der Waals surface area contributed by atoms with E-state index < -0.39 is 5.82 Å². The van der Waals surface area contributed by atoms with Gasteiger partial charge in [-0.05, 0) is 6.07 Å². The second-order valence-electron chi connectivity index (χ2n) is 1.89. The first-order valence-corrected chi connectivity index (χ1v) is 2.76. The molecule has 0 spiro atoms. The van der Waals surface area contributed by atoms with Crippen molar-refractivity contribution in [1.29, 1.82) is 5.26 Å². The van der Waals surface area contributed by atoms with Gasteiger partial charge in [-0.3, -0.25) is 0 Å². The summed E-state index contributed by atoms with van der Waals surface area (Å²) in [6.45, 7) is 0. The fourth-order valence-electron chi connectivity index (χ4n) is 0.694. The summed E-state index contributed by atoms with van der Waals surface area (Å²) in [7, 11) is 0. The van der Waals surface area contributed by atoms with E-state index in [4.69, 9.17) is 5.26 Å². The Labute approximate surface area is 57.7 Å². The molecule has 0 aliphatic heterocycles. The Morgan fingerprint density at radius 2 is 2.20 bits per heavy atom. The molecule has 0 aromatic heterocycles. The summed E-state index contributed by atoms with van der Waals surface area (Å²) in [5.41, 5.74) is 3.95. The van der Waals surface area contributed by atoms with E-state index in [0.29, 0.717) is 5.69 Å². The van der Waals surface area contributed by atoms with Gasteiger partial charge in [0.2, 0.25) is 0 Å². The minimum absolute atomic E-state index is 0.0301. The zero-order valence-corrected chi connectivity index (χ0v) is 5.26. The topological polar surface area (TPSA) is 51.4 Å². The summed E-state index contributed by atoms with van der Waals surface area (Å²) in [6.07, 6.45) is 0. The molecule has 1 rings (SSSR count). The number of hydrogen-bond acceptors (Lipinski definition) is 1. The molecule has 2 nitrogen and oxygen atoms in total. The van der Waals surface area contributed by atoms with Crippen LogP contribution in [0, 0.1) is 17.1 Å². The van der Waals surface area contributed by atoms with Crippen molar-refractivity contribution in [3.8, 4) is 6.07 Å². The number of quaternary nitrogens is 1. The molecule has 0 aliphatic carbocycles. The zero-order valence-electron chi connectivity index (χ0n) is 5.26. The first-order chi connectivity index (χ1) is 4.75. The fourth-order valence-corrected chi connectivity index (χ4v) is 0.694. The second kappa shape index (κ2) is 2.46. The van der Waals surface area contributed by atoms with Crippen LogP contribution in [-0.2, 0) is 0 Å². The van der Waals surface area contributed by atoms with Gasteiger partial charge in [-0.25, -0.2) is 4.39 Å². The molecule has 0 aliphatic rings. The number of nitrogens with zero attached hydrogens (tertiary/aromatic N) is 1. The Bertz CT molecular complexity index is 268. The van der Waals surface area contributed by atoms with Crippen LogP contribution in [0.25, 0.3) is 0 Å². The Kier molecular flexibility index (Phi) is 1.65. The zero-order chi connectivity index (χ0) is 7.56. The lowest BCUT2D eigenvalue weighted by Crippen LogP contribution is -2.41. The molecule has 0 heterocycles. The van der Waals surface area contributed by atoms with Crippen molar-refractivity contribution < 1.29 is 10.1 Å². The third-order valence-corrected chi connectivity index (χ3v) is 1.21. The largest absolute Gasteiger partial charge is 0.324 e. The lowest BCUT2D eigenvalue weighted by Gasteiger charge is -1.91. The SMILES string of the molecule is N#Cc1c([NH3+])cccc1F. The van der Waals surface area contributed by atoms with Crippen LogP contribution in [0.5, 0.6) is 0 Å². The van der Waals surface area contributed by atoms with Gasteiger partial charge in [-0.15, -0.1) is 0 Å². The molecule has 50 valence electrons. The number of halogens is 1. The van der Waals surface area contributed by atoms with Gasteiger partial charge in [0.1, 0.15) is 23.1 Å². The van der Waals surface area contributed by atoms with E-state index in [9.17, 15) is 4.39 Å². The first kappa shape index (κ1) is 6.72. The second-order valence-corrected chi connectivity index (χ2v) is 1.89. The Balaban J connectivity index is 3.34. The van der Waals surface area contributed by atoms with Crippen LogP contribution < -0.4 is 5.73 Å². The van der Waals surface area contributed by atoms with Crippen molar-refractivity contribution in [2.75, 3.05) is 0 Å². The van der Waals surface area contributed by atoms with Crippen LogP contribution in [0.4, 0.5) is 10.1 Å². The predicted molar refractivity (Wildman–Crippen MR) is 33.7 cm³/mol. The summed E-state index contributed by atoms with van der Waals surface area (Å²) in [5, 5.41) is 8.37. The van der Waals surface area contributed by atoms with Crippen LogP contribution in [0.15, 0.2) is 18.2 Å². The van der Waals surface area contributed by atoms with Gasteiger partial charge in [0, 0.05) is 6.07 Å². The molecule has 0 radical (unpaired) electrons. The van der Waals surface area contributed by atoms with Crippen molar-refractivity contribution in [2.45, 2.75) is 0 Å². The molecule has 0 saturated carbocycles. The molecular formula is C7H6FN2+. The molecule has 10 heavy (non-hydrogen) atoms. The molecule has 0 atom stereocenters. The van der Waals surface area contributed by atoms with Crippen LogP contribution in [0.2, 0.25) is 0 Å². The summed E-state index contributed by atoms with van der Waals surface area (Å²) in [5.74, 6) is -0.505. The minimum atomic E-state index is -0.505. The van der Waals surface area contributed by atoms with Gasteiger partial charge in [0.25, 0.3) is 0 Å². The third-order valence-electron chi connectivity index (χ3n) is 1.21. The molecule has 0 bridgehead atoms. The normalized spacial score (nSPS) is 8.90. The maximum absolute atomic E-state index is 12.6. The Morgan fingerprint density at radius 3 is 2.60 bits per heavy atom. The Hall–Kier alpha value is -1.40. The van der Waals surface area contributed by atoms with Gasteiger partial charge in [0.15, 0.2) is 0 Å².